The first-order valence-corrected chi connectivity index (χ1v) is 51.0. The molecule has 146 heavy (non-hydrogen) atoms. The van der Waals surface area contributed by atoms with E-state index in [0.29, 0.717) is 11.3 Å². The van der Waals surface area contributed by atoms with Gasteiger partial charge >= 0.3 is 0 Å². The lowest BCUT2D eigenvalue weighted by molar-refractivity contribution is 0.127. The van der Waals surface area contributed by atoms with Crippen LogP contribution in [-0.4, -0.2) is 85.3 Å². The van der Waals surface area contributed by atoms with Crippen molar-refractivity contribution in [1.82, 2.24) is 0 Å². The molecule has 0 heterocycles. The van der Waals surface area contributed by atoms with Crippen LogP contribution in [0.5, 0.6) is 69.0 Å². The third-order valence-corrected chi connectivity index (χ3v) is 30.8. The molecular formula is C134H156O12. The first kappa shape index (κ1) is 111. The molecule has 17 rings (SSSR count). The molecule has 764 valence electrons. The molecule has 0 spiro atoms. The van der Waals surface area contributed by atoms with Crippen LogP contribution in [0.1, 0.15) is 243 Å². The van der Waals surface area contributed by atoms with Crippen molar-refractivity contribution in [3.8, 4) is 69.0 Å². The number of rotatable bonds is 29. The van der Waals surface area contributed by atoms with Gasteiger partial charge in [-0.15, -0.1) is 0 Å². The Balaban J connectivity index is 0.000000156. The molecule has 1 atom stereocenters. The molecule has 0 aliphatic heterocycles. The minimum atomic E-state index is -0.250. The average molecular weight is 1960 g/mol. The average Bonchev–Trinajstić information content (AvgIpc) is 0.751. The van der Waals surface area contributed by atoms with Crippen molar-refractivity contribution in [2.45, 2.75) is 192 Å². The fourth-order valence-electron chi connectivity index (χ4n) is 21.3. The maximum atomic E-state index is 5.37. The molecule has 12 nitrogen and oxygen atoms in total. The summed E-state index contributed by atoms with van der Waals surface area (Å²) in [5.41, 5.74) is 21.9. The summed E-state index contributed by atoms with van der Waals surface area (Å²) in [6, 6.07) is 130. The van der Waals surface area contributed by atoms with Gasteiger partial charge in [-0.3, -0.25) is 0 Å². The van der Waals surface area contributed by atoms with Crippen molar-refractivity contribution in [3.63, 3.8) is 0 Å². The van der Waals surface area contributed by atoms with Crippen LogP contribution in [0.3, 0.4) is 0 Å². The number of hydrogen-bond acceptors (Lipinski definition) is 12. The van der Waals surface area contributed by atoms with Crippen molar-refractivity contribution in [3.05, 3.63) is 465 Å². The maximum Gasteiger partial charge on any atom is 0.118 e. The van der Waals surface area contributed by atoms with Gasteiger partial charge in [-0.25, -0.2) is 0 Å². The minimum absolute atomic E-state index is 0.0414. The van der Waals surface area contributed by atoms with Gasteiger partial charge in [0.05, 0.1) is 85.3 Å². The molecule has 0 N–H and O–H groups in total. The summed E-state index contributed by atoms with van der Waals surface area (Å²) in [5.74, 6) is 11.4. The van der Waals surface area contributed by atoms with Crippen LogP contribution in [0.25, 0.3) is 0 Å². The SMILES string of the molecule is COc1ccc(C(C)(C)c2ccc(C(C)(C)c3ccc(OC)cc3)cc2)cc1.COc1ccc(C(C)(C)c2ccc(OC)cc2)cc1.COc1ccc(C(C)(C)c2cccc(C(C)(C)c3ccc(OC)cc3)c2)cc1.COc1ccc(C(C)(c2ccccc2)c2ccc(OC)cc2)cc1.COc1ccc(C2(c3ccc(OC)cc3)CC(C)CC(C)(C)C2)cc1.COc1ccc(C2(c3ccc(OC)cc3)CCCCC2)cc1. The Hall–Kier alpha value is -14.1. The lowest BCUT2D eigenvalue weighted by Crippen LogP contribution is -2.41. The zero-order chi connectivity index (χ0) is 105. The highest BCUT2D eigenvalue weighted by atomic mass is 16.5. The Morgan fingerprint density at radius 2 is 0.370 bits per heavy atom. The van der Waals surface area contributed by atoms with Crippen LogP contribution >= 0.6 is 0 Å². The molecule has 0 radical (unpaired) electrons. The van der Waals surface area contributed by atoms with E-state index in [1.165, 1.54) is 140 Å². The van der Waals surface area contributed by atoms with Crippen molar-refractivity contribution in [2.75, 3.05) is 85.3 Å². The number of methoxy groups -OCH3 is 12. The maximum absolute atomic E-state index is 5.37. The molecule has 1 unspecified atom stereocenters. The third-order valence-electron chi connectivity index (χ3n) is 30.8. The van der Waals surface area contributed by atoms with Crippen LogP contribution in [0.4, 0.5) is 0 Å². The van der Waals surface area contributed by atoms with Crippen LogP contribution in [0.2, 0.25) is 0 Å². The van der Waals surface area contributed by atoms with Crippen molar-refractivity contribution in [1.29, 1.82) is 0 Å². The van der Waals surface area contributed by atoms with E-state index in [9.17, 15) is 0 Å². The molecule has 0 amide bonds. The lowest BCUT2D eigenvalue weighted by Gasteiger charge is -2.48. The van der Waals surface area contributed by atoms with Crippen LogP contribution in [0.15, 0.2) is 370 Å². The lowest BCUT2D eigenvalue weighted by atomic mass is 9.55. The fraction of sp³-hybridized carbons (Fsp3) is 0.328. The first-order chi connectivity index (χ1) is 70.0. The van der Waals surface area contributed by atoms with Gasteiger partial charge in [0.2, 0.25) is 0 Å². The predicted octanol–water partition coefficient (Wildman–Crippen LogP) is 32.6. The molecule has 15 aromatic rings. The summed E-state index contributed by atoms with van der Waals surface area (Å²) in [7, 11) is 20.4. The Morgan fingerprint density at radius 3 is 0.582 bits per heavy atom. The van der Waals surface area contributed by atoms with E-state index in [1.54, 1.807) is 85.3 Å². The van der Waals surface area contributed by atoms with E-state index in [-0.39, 0.29) is 43.3 Å². The number of ether oxygens (including phenoxy) is 12. The zero-order valence-electron chi connectivity index (χ0n) is 91.4. The van der Waals surface area contributed by atoms with Crippen molar-refractivity contribution in [2.24, 2.45) is 11.3 Å². The molecule has 0 bridgehead atoms. The summed E-state index contributed by atoms with van der Waals surface area (Å²) >= 11 is 0. The zero-order valence-corrected chi connectivity index (χ0v) is 91.4. The third kappa shape index (κ3) is 26.4. The van der Waals surface area contributed by atoms with Gasteiger partial charge in [0, 0.05) is 43.3 Å². The minimum Gasteiger partial charge on any atom is -0.497 e. The van der Waals surface area contributed by atoms with Crippen LogP contribution in [-0.2, 0) is 43.3 Å². The van der Waals surface area contributed by atoms with Crippen LogP contribution < -0.4 is 56.8 Å². The van der Waals surface area contributed by atoms with E-state index in [4.69, 9.17) is 56.8 Å². The standard InChI is InChI=1S/2C26H30O2.C23H30O2.C22H22O2.C20H24O2.C17H20O2/c1-25(2,21-11-15-23(27-5)16-12-21)19-7-9-20(10-8-19)26(3,4)22-13-17-24(28-6)18-14-22;1-25(2,19-10-14-23(27-5)15-11-19)21-8-7-9-22(18-21)26(3,4)20-12-16-24(28-6)17-13-20;1-17-14-22(2,3)16-23(15-17,18-6-10-20(24-4)11-7-18)19-8-12-21(25-5)13-9-19;1-22(17-7-5-4-6-8-17,18-9-13-20(23-2)14-10-18)19-11-15-21(24-3)16-12-19;1-21-18-10-6-16(7-11-18)20(14-4-3-5-15-20)17-8-12-19(22-2)13-9-17;1-17(2,13-5-9-15(18-3)10-6-13)14-7-11-16(19-4)12-8-14/h2*7-18H,1-6H3;6-13,17H,14-16H2,1-5H3;4-16H,1-3H3;6-13H,3-5,14-15H2,1-2H3;5-12H,1-4H3. The van der Waals surface area contributed by atoms with Gasteiger partial charge in [-0.2, -0.15) is 0 Å². The molecule has 2 fully saturated rings. The summed E-state index contributed by atoms with van der Waals surface area (Å²) in [4.78, 5) is 0. The Morgan fingerprint density at radius 1 is 0.192 bits per heavy atom. The predicted molar refractivity (Wildman–Crippen MR) is 603 cm³/mol. The highest BCUT2D eigenvalue weighted by molar-refractivity contribution is 5.55. The summed E-state index contributed by atoms with van der Waals surface area (Å²) in [6.45, 7) is 32.0. The van der Waals surface area contributed by atoms with E-state index in [0.717, 1.165) is 75.4 Å². The largest absolute Gasteiger partial charge is 0.497 e. The topological polar surface area (TPSA) is 111 Å². The van der Waals surface area contributed by atoms with Gasteiger partial charge in [0.1, 0.15) is 69.0 Å². The molecule has 2 saturated carbocycles. The molecule has 0 saturated heterocycles. The number of hydrogen-bond donors (Lipinski definition) is 0. The summed E-state index contributed by atoms with van der Waals surface area (Å²) < 4.78 is 63.6. The Labute approximate surface area is 873 Å². The van der Waals surface area contributed by atoms with Gasteiger partial charge < -0.3 is 56.8 Å². The molecule has 2 aliphatic rings. The molecule has 0 aromatic heterocycles. The molecule has 2 aliphatic carbocycles. The quantitative estimate of drug-likeness (QED) is 0.0416. The van der Waals surface area contributed by atoms with E-state index >= 15 is 0 Å². The van der Waals surface area contributed by atoms with Gasteiger partial charge in [-0.1, -0.05) is 334 Å². The van der Waals surface area contributed by atoms with E-state index < -0.39 is 0 Å². The van der Waals surface area contributed by atoms with Crippen molar-refractivity contribution >= 4 is 0 Å². The normalized spacial score (nSPS) is 14.1. The van der Waals surface area contributed by atoms with Crippen molar-refractivity contribution < 1.29 is 56.8 Å². The van der Waals surface area contributed by atoms with E-state index in [1.807, 2.05) is 103 Å². The molecular weight excluding hydrogens is 1800 g/mol. The number of benzene rings is 15. The molecule has 15 aromatic carbocycles. The van der Waals surface area contributed by atoms with Gasteiger partial charge in [-0.05, 0) is 291 Å². The molecule has 12 heteroatoms. The van der Waals surface area contributed by atoms with Gasteiger partial charge in [0.15, 0.2) is 0 Å². The highest BCUT2D eigenvalue weighted by Gasteiger charge is 2.46. The second-order valence-corrected chi connectivity index (χ2v) is 42.1. The fourth-order valence-corrected chi connectivity index (χ4v) is 21.3. The Kier molecular flexibility index (Phi) is 37.6. The first-order valence-electron chi connectivity index (χ1n) is 51.0. The summed E-state index contributed by atoms with van der Waals surface area (Å²) in [6.07, 6.45) is 9.96. The Bertz CT molecular complexity index is 6120. The van der Waals surface area contributed by atoms with E-state index in [2.05, 4.69) is 364 Å². The second-order valence-electron chi connectivity index (χ2n) is 42.1. The smallest absolute Gasteiger partial charge is 0.118 e. The monoisotopic (exact) mass is 1960 g/mol. The van der Waals surface area contributed by atoms with Gasteiger partial charge in [0.25, 0.3) is 0 Å². The second kappa shape index (κ2) is 49.7. The van der Waals surface area contributed by atoms with Crippen LogP contribution in [0, 0.1) is 11.3 Å². The highest BCUT2D eigenvalue weighted by Crippen LogP contribution is 2.55. The summed E-state index contributed by atoms with van der Waals surface area (Å²) in [5, 5.41) is 0.